The van der Waals surface area contributed by atoms with E-state index in [1.165, 1.54) is 0 Å². The molecule has 0 spiro atoms. The first-order valence-corrected chi connectivity index (χ1v) is 7.07. The van der Waals surface area contributed by atoms with E-state index in [1.54, 1.807) is 6.20 Å². The van der Waals surface area contributed by atoms with E-state index in [4.69, 9.17) is 0 Å². The smallest absolute Gasteiger partial charge is 0.228 e. The second-order valence-electron chi connectivity index (χ2n) is 5.30. The highest BCUT2D eigenvalue weighted by Crippen LogP contribution is 2.18. The lowest BCUT2D eigenvalue weighted by molar-refractivity contribution is -0.115. The number of aromatic amines is 2. The second-order valence-corrected chi connectivity index (χ2v) is 5.30. The van der Waals surface area contributed by atoms with Crippen molar-refractivity contribution in [2.45, 2.75) is 6.42 Å². The van der Waals surface area contributed by atoms with Crippen LogP contribution in [0.15, 0.2) is 54.9 Å². The Hall–Kier alpha value is -3.08. The molecular weight excluding hydrogens is 276 g/mol. The minimum atomic E-state index is -0.0372. The van der Waals surface area contributed by atoms with E-state index in [2.05, 4.69) is 20.5 Å². The van der Waals surface area contributed by atoms with Gasteiger partial charge in [0.2, 0.25) is 5.91 Å². The molecule has 0 aliphatic rings. The summed E-state index contributed by atoms with van der Waals surface area (Å²) in [7, 11) is 0. The first-order chi connectivity index (χ1) is 10.8. The maximum Gasteiger partial charge on any atom is 0.228 e. The molecule has 0 unspecified atom stereocenters. The molecule has 0 radical (unpaired) electrons. The maximum absolute atomic E-state index is 12.2. The molecule has 0 saturated carbocycles. The lowest BCUT2D eigenvalue weighted by Gasteiger charge is -2.06. The van der Waals surface area contributed by atoms with Crippen LogP contribution in [0.3, 0.4) is 0 Å². The van der Waals surface area contributed by atoms with Crippen molar-refractivity contribution in [3.8, 4) is 0 Å². The number of fused-ring (bicyclic) bond motifs is 2. The van der Waals surface area contributed by atoms with Gasteiger partial charge in [-0.05, 0) is 41.3 Å². The molecule has 2 aromatic heterocycles. The van der Waals surface area contributed by atoms with Crippen LogP contribution in [-0.4, -0.2) is 21.1 Å². The number of carbonyl (C=O) groups excluding carboxylic acids is 1. The van der Waals surface area contributed by atoms with Crippen LogP contribution in [0.5, 0.6) is 0 Å². The Balaban J connectivity index is 1.51. The lowest BCUT2D eigenvalue weighted by Crippen LogP contribution is -2.14. The van der Waals surface area contributed by atoms with Gasteiger partial charge >= 0.3 is 0 Å². The molecule has 0 aliphatic carbocycles. The van der Waals surface area contributed by atoms with Gasteiger partial charge in [0.25, 0.3) is 0 Å². The number of amides is 1. The standard InChI is InChI=1S/C17H14N4O/c22-17(8-11-1-2-12-5-6-18-15(12)7-11)20-14-4-3-13-10-19-21-16(13)9-14/h1-7,9-10,18H,8H2,(H,19,21)(H,20,22). The Morgan fingerprint density at radius 3 is 2.91 bits per heavy atom. The minimum Gasteiger partial charge on any atom is -0.361 e. The van der Waals surface area contributed by atoms with E-state index in [0.29, 0.717) is 6.42 Å². The molecule has 5 heteroatoms. The maximum atomic E-state index is 12.2. The van der Waals surface area contributed by atoms with Gasteiger partial charge in [0.1, 0.15) is 0 Å². The van der Waals surface area contributed by atoms with Gasteiger partial charge in [0.05, 0.1) is 18.1 Å². The van der Waals surface area contributed by atoms with Crippen molar-refractivity contribution < 1.29 is 4.79 Å². The summed E-state index contributed by atoms with van der Waals surface area (Å²) in [5.41, 5.74) is 3.70. The highest BCUT2D eigenvalue weighted by molar-refractivity contribution is 5.95. The monoisotopic (exact) mass is 290 g/mol. The molecule has 0 atom stereocenters. The average molecular weight is 290 g/mol. The lowest BCUT2D eigenvalue weighted by atomic mass is 10.1. The van der Waals surface area contributed by atoms with E-state index in [-0.39, 0.29) is 5.91 Å². The molecule has 1 amide bonds. The predicted octanol–water partition coefficient (Wildman–Crippen LogP) is 3.23. The summed E-state index contributed by atoms with van der Waals surface area (Å²) in [5.74, 6) is -0.0372. The number of carbonyl (C=O) groups is 1. The number of rotatable bonds is 3. The molecule has 2 heterocycles. The molecule has 5 nitrogen and oxygen atoms in total. The Labute approximate surface area is 126 Å². The molecule has 0 aliphatic heterocycles. The number of hydrogen-bond acceptors (Lipinski definition) is 2. The van der Waals surface area contributed by atoms with E-state index in [1.807, 2.05) is 48.7 Å². The van der Waals surface area contributed by atoms with Gasteiger partial charge in [-0.2, -0.15) is 5.10 Å². The fraction of sp³-hybridized carbons (Fsp3) is 0.0588. The molecule has 4 aromatic rings. The van der Waals surface area contributed by atoms with Crippen LogP contribution in [0.1, 0.15) is 5.56 Å². The van der Waals surface area contributed by atoms with Gasteiger partial charge in [-0.15, -0.1) is 0 Å². The molecule has 2 aromatic carbocycles. The molecule has 22 heavy (non-hydrogen) atoms. The second kappa shape index (κ2) is 5.04. The zero-order valence-electron chi connectivity index (χ0n) is 11.8. The van der Waals surface area contributed by atoms with Gasteiger partial charge < -0.3 is 10.3 Å². The largest absolute Gasteiger partial charge is 0.361 e. The number of H-pyrrole nitrogens is 2. The Morgan fingerprint density at radius 2 is 1.95 bits per heavy atom. The zero-order valence-corrected chi connectivity index (χ0v) is 11.8. The first kappa shape index (κ1) is 12.6. The Bertz CT molecular complexity index is 889. The van der Waals surface area contributed by atoms with Gasteiger partial charge in [-0.25, -0.2) is 0 Å². The molecule has 3 N–H and O–H groups in total. The number of anilines is 1. The van der Waals surface area contributed by atoms with Crippen molar-refractivity contribution in [3.63, 3.8) is 0 Å². The topological polar surface area (TPSA) is 73.6 Å². The first-order valence-electron chi connectivity index (χ1n) is 7.07. The SMILES string of the molecule is O=C(Cc1ccc2cc[nH]c2c1)Nc1ccc2cn[nH]c2c1. The van der Waals surface area contributed by atoms with Crippen molar-refractivity contribution in [3.05, 3.63) is 60.4 Å². The van der Waals surface area contributed by atoms with Gasteiger partial charge in [0, 0.05) is 22.8 Å². The van der Waals surface area contributed by atoms with Crippen molar-refractivity contribution in [2.75, 3.05) is 5.32 Å². The van der Waals surface area contributed by atoms with Gasteiger partial charge in [-0.3, -0.25) is 9.89 Å². The van der Waals surface area contributed by atoms with Crippen LogP contribution < -0.4 is 5.32 Å². The minimum absolute atomic E-state index is 0.0372. The summed E-state index contributed by atoms with van der Waals surface area (Å²) in [4.78, 5) is 15.3. The van der Waals surface area contributed by atoms with Crippen LogP contribution in [0.4, 0.5) is 5.69 Å². The fourth-order valence-corrected chi connectivity index (χ4v) is 2.61. The highest BCUT2D eigenvalue weighted by Gasteiger charge is 2.06. The van der Waals surface area contributed by atoms with E-state index in [0.717, 1.165) is 33.1 Å². The van der Waals surface area contributed by atoms with Crippen LogP contribution in [-0.2, 0) is 11.2 Å². The van der Waals surface area contributed by atoms with Crippen LogP contribution in [0, 0.1) is 0 Å². The molecule has 0 fully saturated rings. The third-order valence-corrected chi connectivity index (χ3v) is 3.71. The number of nitrogens with one attached hydrogen (secondary N) is 3. The number of hydrogen-bond donors (Lipinski definition) is 3. The van der Waals surface area contributed by atoms with Crippen molar-refractivity contribution in [2.24, 2.45) is 0 Å². The van der Waals surface area contributed by atoms with Gasteiger partial charge in [-0.1, -0.05) is 12.1 Å². The number of benzene rings is 2. The quantitative estimate of drug-likeness (QED) is 0.542. The van der Waals surface area contributed by atoms with Crippen molar-refractivity contribution >= 4 is 33.4 Å². The number of nitrogens with zero attached hydrogens (tertiary/aromatic N) is 1. The molecule has 0 bridgehead atoms. The zero-order chi connectivity index (χ0) is 14.9. The normalized spacial score (nSPS) is 11.1. The third-order valence-electron chi connectivity index (χ3n) is 3.71. The Kier molecular flexibility index (Phi) is 2.89. The van der Waals surface area contributed by atoms with E-state index < -0.39 is 0 Å². The fourth-order valence-electron chi connectivity index (χ4n) is 2.61. The summed E-state index contributed by atoms with van der Waals surface area (Å²) in [5, 5.41) is 12.0. The van der Waals surface area contributed by atoms with Crippen LogP contribution >= 0.6 is 0 Å². The van der Waals surface area contributed by atoms with Crippen LogP contribution in [0.25, 0.3) is 21.8 Å². The summed E-state index contributed by atoms with van der Waals surface area (Å²) < 4.78 is 0. The molecule has 4 rings (SSSR count). The molecular formula is C17H14N4O. The molecule has 0 saturated heterocycles. The van der Waals surface area contributed by atoms with Gasteiger partial charge in [0.15, 0.2) is 0 Å². The highest BCUT2D eigenvalue weighted by atomic mass is 16.1. The summed E-state index contributed by atoms with van der Waals surface area (Å²) in [6, 6.07) is 13.7. The van der Waals surface area contributed by atoms with E-state index >= 15 is 0 Å². The summed E-state index contributed by atoms with van der Waals surface area (Å²) in [6.07, 6.45) is 4.00. The van der Waals surface area contributed by atoms with Crippen molar-refractivity contribution in [1.29, 1.82) is 0 Å². The summed E-state index contributed by atoms with van der Waals surface area (Å²) in [6.45, 7) is 0. The Morgan fingerprint density at radius 1 is 1.05 bits per heavy atom. The average Bonchev–Trinajstić information content (AvgIpc) is 3.14. The van der Waals surface area contributed by atoms with E-state index in [9.17, 15) is 4.79 Å². The number of aromatic nitrogens is 3. The third kappa shape index (κ3) is 2.33. The van der Waals surface area contributed by atoms with Crippen molar-refractivity contribution in [1.82, 2.24) is 15.2 Å². The predicted molar refractivity (Wildman–Crippen MR) is 86.7 cm³/mol. The van der Waals surface area contributed by atoms with Crippen LogP contribution in [0.2, 0.25) is 0 Å². The summed E-state index contributed by atoms with van der Waals surface area (Å²) >= 11 is 0. The molecule has 108 valence electrons.